The predicted octanol–water partition coefficient (Wildman–Crippen LogP) is 7.33. The summed E-state index contributed by atoms with van der Waals surface area (Å²) in [6, 6.07) is 1.78. The lowest BCUT2D eigenvalue weighted by Gasteiger charge is -2.06. The highest BCUT2D eigenvalue weighted by atomic mass is 35.5. The van der Waals surface area contributed by atoms with E-state index in [9.17, 15) is 0 Å². The van der Waals surface area contributed by atoms with E-state index in [1.54, 1.807) is 6.07 Å². The second-order valence-electron chi connectivity index (χ2n) is 7.18. The molecule has 0 atom stereocenters. The van der Waals surface area contributed by atoms with Crippen molar-refractivity contribution in [3.63, 3.8) is 0 Å². The van der Waals surface area contributed by atoms with Crippen LogP contribution in [-0.2, 0) is 0 Å². The lowest BCUT2D eigenvalue weighted by atomic mass is 10.0. The maximum Gasteiger partial charge on any atom is 0.224 e. The van der Waals surface area contributed by atoms with Crippen LogP contribution in [0.4, 0.5) is 5.95 Å². The van der Waals surface area contributed by atoms with Gasteiger partial charge >= 0.3 is 0 Å². The Kier molecular flexibility index (Phi) is 13.7. The highest BCUT2D eigenvalue weighted by molar-refractivity contribution is 6.29. The number of hydrogen-bond acceptors (Lipinski definition) is 3. The second kappa shape index (κ2) is 15.4. The standard InChI is InChI=1S/C21H38ClN3/c1-3-4-5-6-7-8-9-10-11-12-13-14-15-16-17-23-21-24-19(2)18-20(22)25-21/h18H,3-17H2,1-2H3,(H,23,24,25). The zero-order valence-electron chi connectivity index (χ0n) is 16.5. The molecule has 0 amide bonds. The maximum atomic E-state index is 5.93. The minimum atomic E-state index is 0.510. The van der Waals surface area contributed by atoms with Crippen LogP contribution < -0.4 is 5.32 Å². The topological polar surface area (TPSA) is 37.8 Å². The third-order valence-corrected chi connectivity index (χ3v) is 4.83. The van der Waals surface area contributed by atoms with Crippen molar-refractivity contribution >= 4 is 17.5 Å². The van der Waals surface area contributed by atoms with Gasteiger partial charge in [0.05, 0.1) is 0 Å². The molecule has 0 fully saturated rings. The van der Waals surface area contributed by atoms with Gasteiger partial charge in [-0.2, -0.15) is 0 Å². The third-order valence-electron chi connectivity index (χ3n) is 4.64. The number of aryl methyl sites for hydroxylation is 1. The zero-order valence-corrected chi connectivity index (χ0v) is 17.2. The van der Waals surface area contributed by atoms with Crippen molar-refractivity contribution in [2.45, 2.75) is 104 Å². The Morgan fingerprint density at radius 2 is 1.24 bits per heavy atom. The molecule has 1 N–H and O–H groups in total. The highest BCUT2D eigenvalue weighted by Crippen LogP contribution is 2.13. The van der Waals surface area contributed by atoms with Gasteiger partial charge in [-0.3, -0.25) is 0 Å². The Morgan fingerprint density at radius 3 is 1.72 bits per heavy atom. The van der Waals surface area contributed by atoms with Crippen LogP contribution in [0.1, 0.15) is 103 Å². The van der Waals surface area contributed by atoms with Gasteiger partial charge in [0.15, 0.2) is 0 Å². The molecule has 0 spiro atoms. The zero-order chi connectivity index (χ0) is 18.2. The van der Waals surface area contributed by atoms with Crippen LogP contribution in [0.5, 0.6) is 0 Å². The van der Waals surface area contributed by atoms with E-state index >= 15 is 0 Å². The van der Waals surface area contributed by atoms with E-state index in [0.29, 0.717) is 11.1 Å². The monoisotopic (exact) mass is 367 g/mol. The number of nitrogens with one attached hydrogen (secondary N) is 1. The number of unbranched alkanes of at least 4 members (excludes halogenated alkanes) is 13. The fraction of sp³-hybridized carbons (Fsp3) is 0.810. The van der Waals surface area contributed by atoms with Crippen LogP contribution in [0.3, 0.4) is 0 Å². The molecule has 0 aliphatic heterocycles. The molecule has 0 radical (unpaired) electrons. The first-order valence-electron chi connectivity index (χ1n) is 10.5. The molecule has 0 bridgehead atoms. The van der Waals surface area contributed by atoms with Gasteiger partial charge in [0.25, 0.3) is 0 Å². The lowest BCUT2D eigenvalue weighted by molar-refractivity contribution is 0.537. The van der Waals surface area contributed by atoms with Crippen molar-refractivity contribution < 1.29 is 0 Å². The van der Waals surface area contributed by atoms with Crippen LogP contribution in [0.2, 0.25) is 5.15 Å². The first-order valence-corrected chi connectivity index (χ1v) is 10.8. The summed E-state index contributed by atoms with van der Waals surface area (Å²) >= 11 is 5.93. The summed E-state index contributed by atoms with van der Waals surface area (Å²) in [5.41, 5.74) is 0.906. The van der Waals surface area contributed by atoms with Crippen molar-refractivity contribution in [2.24, 2.45) is 0 Å². The molecule has 1 aromatic rings. The van der Waals surface area contributed by atoms with Crippen molar-refractivity contribution in [3.05, 3.63) is 16.9 Å². The first-order chi connectivity index (χ1) is 12.2. The summed E-state index contributed by atoms with van der Waals surface area (Å²) in [7, 11) is 0. The van der Waals surface area contributed by atoms with Gasteiger partial charge in [-0.1, -0.05) is 102 Å². The van der Waals surface area contributed by atoms with Gasteiger partial charge in [0.2, 0.25) is 5.95 Å². The first kappa shape index (κ1) is 22.2. The summed E-state index contributed by atoms with van der Waals surface area (Å²) in [5, 5.41) is 3.77. The molecule has 0 aromatic carbocycles. The summed E-state index contributed by atoms with van der Waals surface area (Å²) in [4.78, 5) is 8.51. The molecule has 0 aliphatic carbocycles. The van der Waals surface area contributed by atoms with Gasteiger partial charge < -0.3 is 5.32 Å². The molecular formula is C21H38ClN3. The normalized spacial score (nSPS) is 11.0. The Balaban J connectivity index is 1.81. The van der Waals surface area contributed by atoms with Gasteiger partial charge in [0.1, 0.15) is 5.15 Å². The molecule has 0 saturated heterocycles. The second-order valence-corrected chi connectivity index (χ2v) is 7.57. The fourth-order valence-corrected chi connectivity index (χ4v) is 3.37. The van der Waals surface area contributed by atoms with Crippen LogP contribution >= 0.6 is 11.6 Å². The number of halogens is 1. The number of hydrogen-bond donors (Lipinski definition) is 1. The van der Waals surface area contributed by atoms with E-state index in [1.807, 2.05) is 6.92 Å². The van der Waals surface area contributed by atoms with Gasteiger partial charge in [-0.25, -0.2) is 9.97 Å². The van der Waals surface area contributed by atoms with Gasteiger partial charge in [-0.05, 0) is 19.4 Å². The van der Waals surface area contributed by atoms with Crippen LogP contribution in [0.25, 0.3) is 0 Å². The third kappa shape index (κ3) is 13.1. The van der Waals surface area contributed by atoms with E-state index in [2.05, 4.69) is 22.2 Å². The Bertz CT molecular complexity index is 417. The van der Waals surface area contributed by atoms with E-state index < -0.39 is 0 Å². The van der Waals surface area contributed by atoms with Crippen LogP contribution in [-0.4, -0.2) is 16.5 Å². The van der Waals surface area contributed by atoms with Crippen LogP contribution in [0.15, 0.2) is 6.07 Å². The minimum Gasteiger partial charge on any atom is -0.354 e. The molecule has 1 aromatic heterocycles. The Labute approximate surface area is 160 Å². The SMILES string of the molecule is CCCCCCCCCCCCCCCCNc1nc(C)cc(Cl)n1. The average Bonchev–Trinajstić information content (AvgIpc) is 2.57. The molecule has 25 heavy (non-hydrogen) atoms. The summed E-state index contributed by atoms with van der Waals surface area (Å²) < 4.78 is 0. The van der Waals surface area contributed by atoms with E-state index in [0.717, 1.165) is 12.2 Å². The molecule has 3 nitrogen and oxygen atoms in total. The number of rotatable bonds is 16. The molecule has 0 unspecified atom stereocenters. The number of nitrogens with zero attached hydrogens (tertiary/aromatic N) is 2. The summed E-state index contributed by atoms with van der Waals surface area (Å²) in [6.07, 6.45) is 19.4. The van der Waals surface area contributed by atoms with Crippen molar-refractivity contribution in [2.75, 3.05) is 11.9 Å². The quantitative estimate of drug-likeness (QED) is 0.245. The van der Waals surface area contributed by atoms with Gasteiger partial charge in [0, 0.05) is 12.2 Å². The van der Waals surface area contributed by atoms with Gasteiger partial charge in [-0.15, -0.1) is 0 Å². The largest absolute Gasteiger partial charge is 0.354 e. The molecule has 1 heterocycles. The number of aromatic nitrogens is 2. The molecule has 144 valence electrons. The molecule has 0 saturated carbocycles. The molecule has 0 aliphatic rings. The van der Waals surface area contributed by atoms with E-state index in [-0.39, 0.29) is 0 Å². The molecule has 4 heteroatoms. The maximum absolute atomic E-state index is 5.93. The van der Waals surface area contributed by atoms with E-state index in [1.165, 1.54) is 89.9 Å². The van der Waals surface area contributed by atoms with Crippen molar-refractivity contribution in [1.82, 2.24) is 9.97 Å². The summed E-state index contributed by atoms with van der Waals surface area (Å²) in [6.45, 7) is 5.15. The van der Waals surface area contributed by atoms with Crippen LogP contribution in [0, 0.1) is 6.92 Å². The predicted molar refractivity (Wildman–Crippen MR) is 111 cm³/mol. The Hall–Kier alpha value is -0.830. The average molecular weight is 368 g/mol. The van der Waals surface area contributed by atoms with Crippen molar-refractivity contribution in [3.8, 4) is 0 Å². The highest BCUT2D eigenvalue weighted by Gasteiger charge is 1.99. The number of anilines is 1. The molecule has 1 rings (SSSR count). The summed E-state index contributed by atoms with van der Waals surface area (Å²) in [5.74, 6) is 0.652. The Morgan fingerprint density at radius 1 is 0.760 bits per heavy atom. The minimum absolute atomic E-state index is 0.510. The smallest absolute Gasteiger partial charge is 0.224 e. The van der Waals surface area contributed by atoms with E-state index in [4.69, 9.17) is 11.6 Å². The lowest BCUT2D eigenvalue weighted by Crippen LogP contribution is -2.06. The molecular weight excluding hydrogens is 330 g/mol. The van der Waals surface area contributed by atoms with Crippen molar-refractivity contribution in [1.29, 1.82) is 0 Å². The fourth-order valence-electron chi connectivity index (χ4n) is 3.13.